The lowest BCUT2D eigenvalue weighted by Crippen LogP contribution is -2.31. The van der Waals surface area contributed by atoms with Gasteiger partial charge in [0.05, 0.1) is 13.5 Å². The Morgan fingerprint density at radius 2 is 1.76 bits per heavy atom. The van der Waals surface area contributed by atoms with Gasteiger partial charge in [-0.15, -0.1) is 11.3 Å². The first-order valence-corrected chi connectivity index (χ1v) is 9.68. The number of hydrogen-bond acceptors (Lipinski definition) is 6. The highest BCUT2D eigenvalue weighted by molar-refractivity contribution is 7.13. The minimum atomic E-state index is -0.506. The van der Waals surface area contributed by atoms with Crippen molar-refractivity contribution in [3.8, 4) is 10.6 Å². The van der Waals surface area contributed by atoms with Crippen molar-refractivity contribution in [3.63, 3.8) is 0 Å². The zero-order chi connectivity index (χ0) is 20.6. The molecule has 29 heavy (non-hydrogen) atoms. The number of carbonyl (C=O) groups is 3. The Bertz CT molecular complexity index is 1000. The Labute approximate surface area is 171 Å². The maximum atomic E-state index is 12.4. The Balaban J connectivity index is 1.56. The third kappa shape index (κ3) is 5.73. The van der Waals surface area contributed by atoms with E-state index in [9.17, 15) is 14.4 Å². The summed E-state index contributed by atoms with van der Waals surface area (Å²) in [6, 6.07) is 16.6. The van der Waals surface area contributed by atoms with E-state index in [4.69, 9.17) is 0 Å². The molecule has 0 bridgehead atoms. The largest absolute Gasteiger partial charge is 0.468 e. The quantitative estimate of drug-likeness (QED) is 0.585. The van der Waals surface area contributed by atoms with Crippen LogP contribution in [0.25, 0.3) is 10.6 Å². The molecule has 2 aromatic carbocycles. The number of amides is 2. The Kier molecular flexibility index (Phi) is 6.70. The van der Waals surface area contributed by atoms with Gasteiger partial charge in [-0.25, -0.2) is 4.98 Å². The van der Waals surface area contributed by atoms with E-state index in [0.29, 0.717) is 11.4 Å². The summed E-state index contributed by atoms with van der Waals surface area (Å²) < 4.78 is 4.47. The molecule has 0 aliphatic rings. The lowest BCUT2D eigenvalue weighted by atomic mass is 10.1. The third-order valence-electron chi connectivity index (χ3n) is 3.99. The average Bonchev–Trinajstić information content (AvgIpc) is 3.24. The Morgan fingerprint density at radius 1 is 1.03 bits per heavy atom. The highest BCUT2D eigenvalue weighted by Crippen LogP contribution is 2.23. The number of rotatable bonds is 7. The second-order valence-electron chi connectivity index (χ2n) is 6.08. The van der Waals surface area contributed by atoms with E-state index in [-0.39, 0.29) is 24.8 Å². The van der Waals surface area contributed by atoms with E-state index < -0.39 is 5.97 Å². The Hall–Kier alpha value is -3.52. The lowest BCUT2D eigenvalue weighted by Gasteiger charge is -2.06. The van der Waals surface area contributed by atoms with Crippen LogP contribution < -0.4 is 10.6 Å². The smallest absolute Gasteiger partial charge is 0.325 e. The van der Waals surface area contributed by atoms with E-state index in [1.54, 1.807) is 29.6 Å². The van der Waals surface area contributed by atoms with Gasteiger partial charge < -0.3 is 15.4 Å². The molecule has 0 spiro atoms. The number of thiazole rings is 1. The van der Waals surface area contributed by atoms with E-state index in [0.717, 1.165) is 16.1 Å². The molecular formula is C21H19N3O4S. The van der Waals surface area contributed by atoms with Gasteiger partial charge in [0.1, 0.15) is 17.2 Å². The molecule has 0 saturated carbocycles. The normalized spacial score (nSPS) is 10.2. The number of carbonyl (C=O) groups excluding carboxylic acids is 3. The van der Waals surface area contributed by atoms with Crippen molar-refractivity contribution in [2.45, 2.75) is 6.42 Å². The lowest BCUT2D eigenvalue weighted by molar-refractivity contribution is -0.141. The molecule has 0 atom stereocenters. The summed E-state index contributed by atoms with van der Waals surface area (Å²) in [5.74, 6) is -1.09. The number of aromatic nitrogens is 1. The summed E-state index contributed by atoms with van der Waals surface area (Å²) in [6.45, 7) is -0.165. The fraction of sp³-hybridized carbons (Fsp3) is 0.143. The second kappa shape index (κ2) is 9.61. The van der Waals surface area contributed by atoms with Crippen LogP contribution in [0.4, 0.5) is 5.69 Å². The predicted molar refractivity (Wildman–Crippen MR) is 111 cm³/mol. The zero-order valence-electron chi connectivity index (χ0n) is 15.7. The zero-order valence-corrected chi connectivity index (χ0v) is 16.5. The standard InChI is InChI=1S/C21H19N3O4S/c1-28-19(26)12-22-18(25)11-14-7-9-16(10-8-14)23-20(27)17-13-29-21(24-17)15-5-3-2-4-6-15/h2-10,13H,11-12H2,1H3,(H,22,25)(H,23,27). The molecule has 148 valence electrons. The van der Waals surface area contributed by atoms with Crippen molar-refractivity contribution in [2.24, 2.45) is 0 Å². The molecule has 0 unspecified atom stereocenters. The third-order valence-corrected chi connectivity index (χ3v) is 4.88. The van der Waals surface area contributed by atoms with Crippen molar-refractivity contribution in [1.29, 1.82) is 0 Å². The number of nitrogens with one attached hydrogen (secondary N) is 2. The van der Waals surface area contributed by atoms with Gasteiger partial charge in [0, 0.05) is 16.6 Å². The van der Waals surface area contributed by atoms with Crippen LogP contribution in [0.2, 0.25) is 0 Å². The molecule has 0 saturated heterocycles. The van der Waals surface area contributed by atoms with Crippen molar-refractivity contribution < 1.29 is 19.1 Å². The van der Waals surface area contributed by atoms with Gasteiger partial charge in [-0.1, -0.05) is 42.5 Å². The Morgan fingerprint density at radius 3 is 2.45 bits per heavy atom. The van der Waals surface area contributed by atoms with Gasteiger partial charge in [-0.05, 0) is 17.7 Å². The molecule has 2 amide bonds. The molecule has 8 heteroatoms. The van der Waals surface area contributed by atoms with E-state index in [1.807, 2.05) is 30.3 Å². The summed E-state index contributed by atoms with van der Waals surface area (Å²) in [7, 11) is 1.26. The topological polar surface area (TPSA) is 97.4 Å². The fourth-order valence-corrected chi connectivity index (χ4v) is 3.29. The molecule has 3 rings (SSSR count). The van der Waals surface area contributed by atoms with Gasteiger partial charge >= 0.3 is 5.97 Å². The number of methoxy groups -OCH3 is 1. The predicted octanol–water partition coefficient (Wildman–Crippen LogP) is 2.89. The molecule has 2 N–H and O–H groups in total. The van der Waals surface area contributed by atoms with Crippen molar-refractivity contribution >= 4 is 34.8 Å². The SMILES string of the molecule is COC(=O)CNC(=O)Cc1ccc(NC(=O)c2csc(-c3ccccc3)n2)cc1. The molecule has 0 aliphatic heterocycles. The highest BCUT2D eigenvalue weighted by atomic mass is 32.1. The van der Waals surface area contributed by atoms with Gasteiger partial charge in [0.25, 0.3) is 5.91 Å². The van der Waals surface area contributed by atoms with Crippen LogP contribution in [0, 0.1) is 0 Å². The first-order chi connectivity index (χ1) is 14.0. The maximum absolute atomic E-state index is 12.4. The molecule has 3 aromatic rings. The number of ether oxygens (including phenoxy) is 1. The molecular weight excluding hydrogens is 390 g/mol. The first kappa shape index (κ1) is 20.2. The van der Waals surface area contributed by atoms with Crippen LogP contribution in [0.3, 0.4) is 0 Å². The van der Waals surface area contributed by atoms with Crippen LogP contribution in [0.15, 0.2) is 60.0 Å². The average molecular weight is 409 g/mol. The number of hydrogen-bond donors (Lipinski definition) is 2. The van der Waals surface area contributed by atoms with E-state index in [2.05, 4.69) is 20.4 Å². The molecule has 0 radical (unpaired) electrons. The minimum absolute atomic E-state index is 0.123. The van der Waals surface area contributed by atoms with Crippen LogP contribution >= 0.6 is 11.3 Å². The summed E-state index contributed by atoms with van der Waals surface area (Å²) in [4.78, 5) is 39.7. The molecule has 1 heterocycles. The highest BCUT2D eigenvalue weighted by Gasteiger charge is 2.12. The van der Waals surface area contributed by atoms with Crippen molar-refractivity contribution in [1.82, 2.24) is 10.3 Å². The van der Waals surface area contributed by atoms with Crippen LogP contribution in [-0.4, -0.2) is 36.4 Å². The number of nitrogens with zero attached hydrogens (tertiary/aromatic N) is 1. The maximum Gasteiger partial charge on any atom is 0.325 e. The molecule has 0 aliphatic carbocycles. The van der Waals surface area contributed by atoms with Gasteiger partial charge in [0.15, 0.2) is 0 Å². The molecule has 1 aromatic heterocycles. The summed E-state index contributed by atoms with van der Waals surface area (Å²) in [5.41, 5.74) is 2.67. The minimum Gasteiger partial charge on any atom is -0.468 e. The van der Waals surface area contributed by atoms with Crippen molar-refractivity contribution in [2.75, 3.05) is 19.0 Å². The van der Waals surface area contributed by atoms with Gasteiger partial charge in [0.2, 0.25) is 5.91 Å². The second-order valence-corrected chi connectivity index (χ2v) is 6.94. The van der Waals surface area contributed by atoms with Gasteiger partial charge in [-0.2, -0.15) is 0 Å². The van der Waals surface area contributed by atoms with E-state index in [1.165, 1.54) is 18.4 Å². The number of esters is 1. The van der Waals surface area contributed by atoms with E-state index >= 15 is 0 Å². The summed E-state index contributed by atoms with van der Waals surface area (Å²) >= 11 is 1.41. The van der Waals surface area contributed by atoms with Crippen molar-refractivity contribution in [3.05, 3.63) is 71.2 Å². The summed E-state index contributed by atoms with van der Waals surface area (Å²) in [5, 5.41) is 7.77. The number of anilines is 1. The van der Waals surface area contributed by atoms with Gasteiger partial charge in [-0.3, -0.25) is 14.4 Å². The first-order valence-electron chi connectivity index (χ1n) is 8.80. The molecule has 0 fully saturated rings. The summed E-state index contributed by atoms with van der Waals surface area (Å²) in [6.07, 6.45) is 0.123. The fourth-order valence-electron chi connectivity index (χ4n) is 2.48. The van der Waals surface area contributed by atoms with Crippen LogP contribution in [0.1, 0.15) is 16.1 Å². The van der Waals surface area contributed by atoms with Crippen LogP contribution in [-0.2, 0) is 20.7 Å². The van der Waals surface area contributed by atoms with Crippen LogP contribution in [0.5, 0.6) is 0 Å². The number of benzene rings is 2. The monoisotopic (exact) mass is 409 g/mol. The molecule has 7 nitrogen and oxygen atoms in total.